The van der Waals surface area contributed by atoms with E-state index in [1.54, 1.807) is 47.5 Å². The molecule has 2 aliphatic heterocycles. The molecule has 2 aliphatic rings. The van der Waals surface area contributed by atoms with Gasteiger partial charge in [-0.1, -0.05) is 6.07 Å². The molecule has 0 radical (unpaired) electrons. The quantitative estimate of drug-likeness (QED) is 0.563. The van der Waals surface area contributed by atoms with E-state index in [1.165, 1.54) is 4.90 Å². The van der Waals surface area contributed by atoms with Gasteiger partial charge in [0, 0.05) is 48.2 Å². The Bertz CT molecular complexity index is 1210. The Hall–Kier alpha value is -3.69. The van der Waals surface area contributed by atoms with E-state index < -0.39 is 12.1 Å². The van der Waals surface area contributed by atoms with Crippen molar-refractivity contribution in [3.05, 3.63) is 60.3 Å². The van der Waals surface area contributed by atoms with Crippen LogP contribution in [0, 0.1) is 0 Å². The van der Waals surface area contributed by atoms with Crippen molar-refractivity contribution in [2.24, 2.45) is 0 Å². The van der Waals surface area contributed by atoms with E-state index in [0.29, 0.717) is 24.4 Å². The molecule has 33 heavy (non-hydrogen) atoms. The average Bonchev–Trinajstić information content (AvgIpc) is 3.45. The number of ether oxygens (including phenoxy) is 1. The summed E-state index contributed by atoms with van der Waals surface area (Å²) in [6, 6.07) is 13.4. The number of hydrogen-bond donors (Lipinski definition) is 3. The van der Waals surface area contributed by atoms with Crippen LogP contribution in [0.15, 0.2) is 54.7 Å². The van der Waals surface area contributed by atoms with E-state index in [4.69, 9.17) is 4.74 Å². The third-order valence-corrected chi connectivity index (χ3v) is 6.08. The summed E-state index contributed by atoms with van der Waals surface area (Å²) in [5.74, 6) is -0.773. The minimum atomic E-state index is -0.785. The maximum absolute atomic E-state index is 13.1. The molecule has 0 aliphatic carbocycles. The van der Waals surface area contributed by atoms with Gasteiger partial charge in [-0.15, -0.1) is 0 Å². The third-order valence-electron chi connectivity index (χ3n) is 6.08. The molecule has 3 N–H and O–H groups in total. The van der Waals surface area contributed by atoms with Gasteiger partial charge in [0.2, 0.25) is 5.91 Å². The SMILES string of the molecule is O=C(Nc1ccc(N2CCOCC2=O)cc1)[C@H]1C[C@@H](O)CN1C(=O)c1ccc2cc[nH]c2c1. The Labute approximate surface area is 189 Å². The van der Waals surface area contributed by atoms with Crippen molar-refractivity contribution >= 4 is 40.0 Å². The number of hydrogen-bond acceptors (Lipinski definition) is 5. The van der Waals surface area contributed by atoms with Crippen LogP contribution in [0.2, 0.25) is 0 Å². The number of aromatic nitrogens is 1. The molecular weight excluding hydrogens is 424 g/mol. The lowest BCUT2D eigenvalue weighted by atomic mass is 10.1. The van der Waals surface area contributed by atoms with Crippen molar-refractivity contribution in [1.82, 2.24) is 9.88 Å². The fourth-order valence-corrected chi connectivity index (χ4v) is 4.37. The van der Waals surface area contributed by atoms with Gasteiger partial charge in [-0.05, 0) is 47.9 Å². The maximum atomic E-state index is 13.1. The Morgan fingerprint density at radius 2 is 1.94 bits per heavy atom. The van der Waals surface area contributed by atoms with Gasteiger partial charge in [0.15, 0.2) is 0 Å². The molecule has 2 fully saturated rings. The molecule has 9 nitrogen and oxygen atoms in total. The number of aliphatic hydroxyl groups excluding tert-OH is 1. The largest absolute Gasteiger partial charge is 0.391 e. The van der Waals surface area contributed by atoms with Crippen LogP contribution in [-0.4, -0.2) is 71.2 Å². The topological polar surface area (TPSA) is 115 Å². The molecule has 2 atom stereocenters. The molecule has 3 aromatic rings. The number of carbonyl (C=O) groups is 3. The summed E-state index contributed by atoms with van der Waals surface area (Å²) in [5, 5.41) is 14.0. The number of carbonyl (C=O) groups excluding carboxylic acids is 3. The highest BCUT2D eigenvalue weighted by Crippen LogP contribution is 2.25. The van der Waals surface area contributed by atoms with Crippen LogP contribution in [0.1, 0.15) is 16.8 Å². The monoisotopic (exact) mass is 448 g/mol. The van der Waals surface area contributed by atoms with Gasteiger partial charge in [-0.2, -0.15) is 0 Å². The number of benzene rings is 2. The Morgan fingerprint density at radius 3 is 2.73 bits per heavy atom. The molecule has 170 valence electrons. The normalized spacial score (nSPS) is 20.9. The van der Waals surface area contributed by atoms with Gasteiger partial charge in [0.1, 0.15) is 12.6 Å². The van der Waals surface area contributed by atoms with Crippen molar-refractivity contribution in [2.75, 3.05) is 36.5 Å². The first-order chi connectivity index (χ1) is 16.0. The van der Waals surface area contributed by atoms with E-state index >= 15 is 0 Å². The van der Waals surface area contributed by atoms with Gasteiger partial charge >= 0.3 is 0 Å². The number of amides is 3. The fourth-order valence-electron chi connectivity index (χ4n) is 4.37. The summed E-state index contributed by atoms with van der Waals surface area (Å²) in [7, 11) is 0. The van der Waals surface area contributed by atoms with Crippen LogP contribution in [0.3, 0.4) is 0 Å². The first-order valence-electron chi connectivity index (χ1n) is 10.8. The van der Waals surface area contributed by atoms with Crippen molar-refractivity contribution < 1.29 is 24.2 Å². The molecule has 3 amide bonds. The minimum Gasteiger partial charge on any atom is -0.391 e. The van der Waals surface area contributed by atoms with Crippen LogP contribution >= 0.6 is 0 Å². The van der Waals surface area contributed by atoms with Crippen LogP contribution in [0.25, 0.3) is 10.9 Å². The molecule has 0 bridgehead atoms. The number of morpholine rings is 1. The molecule has 9 heteroatoms. The van der Waals surface area contributed by atoms with Crippen LogP contribution in [-0.2, 0) is 14.3 Å². The van der Waals surface area contributed by atoms with Gasteiger partial charge in [-0.25, -0.2) is 0 Å². The summed E-state index contributed by atoms with van der Waals surface area (Å²) < 4.78 is 5.15. The molecule has 0 saturated carbocycles. The van der Waals surface area contributed by atoms with Crippen LogP contribution < -0.4 is 10.2 Å². The molecule has 0 unspecified atom stereocenters. The highest BCUT2D eigenvalue weighted by molar-refractivity contribution is 6.03. The fraction of sp³-hybridized carbons (Fsp3) is 0.292. The van der Waals surface area contributed by atoms with Crippen molar-refractivity contribution in [2.45, 2.75) is 18.6 Å². The third kappa shape index (κ3) is 4.20. The summed E-state index contributed by atoms with van der Waals surface area (Å²) in [5.41, 5.74) is 2.57. The zero-order valence-electron chi connectivity index (χ0n) is 17.9. The molecule has 0 spiro atoms. The van der Waals surface area contributed by atoms with Crippen LogP contribution in [0.5, 0.6) is 0 Å². The summed E-state index contributed by atoms with van der Waals surface area (Å²) in [4.78, 5) is 44.3. The van der Waals surface area contributed by atoms with Crippen molar-refractivity contribution in [1.29, 1.82) is 0 Å². The van der Waals surface area contributed by atoms with E-state index in [2.05, 4.69) is 10.3 Å². The Kier molecular flexibility index (Phi) is 5.57. The molecule has 2 aromatic carbocycles. The number of aliphatic hydroxyl groups is 1. The Morgan fingerprint density at radius 1 is 1.12 bits per heavy atom. The first-order valence-corrected chi connectivity index (χ1v) is 10.8. The molecule has 2 saturated heterocycles. The number of aromatic amines is 1. The molecule has 5 rings (SSSR count). The number of H-pyrrole nitrogens is 1. The molecular formula is C24H24N4O5. The lowest BCUT2D eigenvalue weighted by Crippen LogP contribution is -2.43. The number of fused-ring (bicyclic) bond motifs is 1. The van der Waals surface area contributed by atoms with E-state index in [1.807, 2.05) is 12.1 Å². The lowest BCUT2D eigenvalue weighted by molar-refractivity contribution is -0.125. The van der Waals surface area contributed by atoms with Gasteiger partial charge in [0.05, 0.1) is 12.7 Å². The number of nitrogens with zero attached hydrogens (tertiary/aromatic N) is 2. The van der Waals surface area contributed by atoms with Crippen molar-refractivity contribution in [3.63, 3.8) is 0 Å². The Balaban J connectivity index is 1.29. The van der Waals surface area contributed by atoms with Crippen LogP contribution in [0.4, 0.5) is 11.4 Å². The average molecular weight is 448 g/mol. The van der Waals surface area contributed by atoms with E-state index in [-0.39, 0.29) is 37.3 Å². The number of rotatable bonds is 4. The number of nitrogens with one attached hydrogen (secondary N) is 2. The summed E-state index contributed by atoms with van der Waals surface area (Å²) in [6.07, 6.45) is 1.20. The van der Waals surface area contributed by atoms with Gasteiger partial charge in [-0.3, -0.25) is 14.4 Å². The maximum Gasteiger partial charge on any atom is 0.254 e. The van der Waals surface area contributed by atoms with Gasteiger partial charge in [0.25, 0.3) is 11.8 Å². The standard InChI is InChI=1S/C24H24N4O5/c29-19-12-21(28(13-19)24(32)16-2-1-15-7-8-25-20(15)11-16)23(31)26-17-3-5-18(6-4-17)27-9-10-33-14-22(27)30/h1-8,11,19,21,25,29H,9-10,12-14H2,(H,26,31)/t19-,21-/m1/s1. The lowest BCUT2D eigenvalue weighted by Gasteiger charge is -2.27. The predicted molar refractivity (Wildman–Crippen MR) is 122 cm³/mol. The highest BCUT2D eigenvalue weighted by Gasteiger charge is 2.39. The number of anilines is 2. The second-order valence-corrected chi connectivity index (χ2v) is 8.28. The first kappa shape index (κ1) is 21.2. The second kappa shape index (κ2) is 8.68. The van der Waals surface area contributed by atoms with Crippen molar-refractivity contribution in [3.8, 4) is 0 Å². The van der Waals surface area contributed by atoms with E-state index in [0.717, 1.165) is 16.6 Å². The smallest absolute Gasteiger partial charge is 0.254 e. The van der Waals surface area contributed by atoms with E-state index in [9.17, 15) is 19.5 Å². The molecule has 1 aromatic heterocycles. The second-order valence-electron chi connectivity index (χ2n) is 8.28. The number of likely N-dealkylation sites (tertiary alicyclic amines) is 1. The summed E-state index contributed by atoms with van der Waals surface area (Å²) in [6.45, 7) is 1.12. The highest BCUT2D eigenvalue weighted by atomic mass is 16.5. The zero-order chi connectivity index (χ0) is 22.9. The number of β-amino-alcohol motifs (C(OH)–C–C–N with tert-alkyl or cyclic N) is 1. The van der Waals surface area contributed by atoms with Gasteiger partial charge < -0.3 is 29.9 Å². The predicted octanol–water partition coefficient (Wildman–Crippen LogP) is 1.75. The molecule has 3 heterocycles. The minimum absolute atomic E-state index is 0.0587. The summed E-state index contributed by atoms with van der Waals surface area (Å²) >= 11 is 0. The zero-order valence-corrected chi connectivity index (χ0v) is 17.9.